The van der Waals surface area contributed by atoms with Crippen molar-refractivity contribution in [2.24, 2.45) is 11.3 Å². The molecule has 0 radical (unpaired) electrons. The van der Waals surface area contributed by atoms with Crippen molar-refractivity contribution in [3.05, 3.63) is 0 Å². The van der Waals surface area contributed by atoms with Crippen LogP contribution in [0.5, 0.6) is 0 Å². The molecule has 0 atom stereocenters. The molecule has 1 heterocycles. The maximum atomic E-state index is 12.3. The van der Waals surface area contributed by atoms with Crippen LogP contribution in [0.15, 0.2) is 0 Å². The lowest BCUT2D eigenvalue weighted by atomic mass is 9.85. The minimum atomic E-state index is -0.379. The fourth-order valence-electron chi connectivity index (χ4n) is 3.10. The zero-order valence-electron chi connectivity index (χ0n) is 11.1. The molecule has 4 heteroatoms. The number of aliphatic hydroxyl groups excluding tert-OH is 1. The third kappa shape index (κ3) is 2.28. The van der Waals surface area contributed by atoms with Gasteiger partial charge in [0.1, 0.15) is 0 Å². The molecule has 1 saturated heterocycles. The van der Waals surface area contributed by atoms with Crippen molar-refractivity contribution in [3.63, 3.8) is 0 Å². The Balaban J connectivity index is 1.46. The van der Waals surface area contributed by atoms with Gasteiger partial charge in [0.25, 0.3) is 0 Å². The van der Waals surface area contributed by atoms with Gasteiger partial charge in [0.2, 0.25) is 5.91 Å². The molecule has 0 aromatic rings. The summed E-state index contributed by atoms with van der Waals surface area (Å²) in [5, 5.41) is 9.31. The summed E-state index contributed by atoms with van der Waals surface area (Å²) in [4.78, 5) is 16.7. The van der Waals surface area contributed by atoms with Crippen LogP contribution in [0.1, 0.15) is 32.1 Å². The van der Waals surface area contributed by atoms with E-state index < -0.39 is 0 Å². The second-order valence-electron chi connectivity index (χ2n) is 6.33. The number of hydrogen-bond acceptors (Lipinski definition) is 3. The molecule has 0 spiro atoms. The largest absolute Gasteiger partial charge is 0.395 e. The van der Waals surface area contributed by atoms with E-state index in [4.69, 9.17) is 0 Å². The highest BCUT2D eigenvalue weighted by Gasteiger charge is 2.51. The third-order valence-electron chi connectivity index (χ3n) is 5.01. The number of carbonyl (C=O) groups excluding carboxylic acids is 1. The summed E-state index contributed by atoms with van der Waals surface area (Å²) in [5.41, 5.74) is -0.379. The highest BCUT2D eigenvalue weighted by atomic mass is 16.3. The summed E-state index contributed by atoms with van der Waals surface area (Å²) in [6, 6.07) is 0. The summed E-state index contributed by atoms with van der Waals surface area (Å²) >= 11 is 0. The molecular formula is C14H24N2O2. The predicted octanol–water partition coefficient (Wildman–Crippen LogP) is 0.703. The first-order chi connectivity index (χ1) is 8.73. The maximum Gasteiger partial charge on any atom is 0.231 e. The molecule has 3 aliphatic rings. The first-order valence-corrected chi connectivity index (χ1v) is 7.36. The number of carbonyl (C=O) groups is 1. The first-order valence-electron chi connectivity index (χ1n) is 7.36. The molecule has 2 saturated carbocycles. The molecule has 0 aromatic carbocycles. The number of aliphatic hydroxyl groups is 1. The fourth-order valence-corrected chi connectivity index (χ4v) is 3.10. The zero-order chi connectivity index (χ0) is 12.6. The molecule has 4 nitrogen and oxygen atoms in total. The van der Waals surface area contributed by atoms with Crippen LogP contribution in [-0.4, -0.2) is 60.1 Å². The Morgan fingerprint density at radius 1 is 1.17 bits per heavy atom. The Morgan fingerprint density at radius 2 is 1.83 bits per heavy atom. The van der Waals surface area contributed by atoms with Crippen molar-refractivity contribution >= 4 is 5.91 Å². The van der Waals surface area contributed by atoms with Crippen LogP contribution in [0.2, 0.25) is 0 Å². The third-order valence-corrected chi connectivity index (χ3v) is 5.01. The standard InChI is InChI=1S/C14H24N2O2/c17-11-14(4-5-14)13(18)16-8-6-15(7-9-16)10-12-2-1-3-12/h12,17H,1-11H2. The molecule has 18 heavy (non-hydrogen) atoms. The second-order valence-corrected chi connectivity index (χ2v) is 6.33. The van der Waals surface area contributed by atoms with Crippen LogP contribution in [0.3, 0.4) is 0 Å². The topological polar surface area (TPSA) is 43.8 Å². The molecule has 3 fully saturated rings. The highest BCUT2D eigenvalue weighted by Crippen LogP contribution is 2.46. The number of rotatable bonds is 4. The van der Waals surface area contributed by atoms with Crippen LogP contribution in [-0.2, 0) is 4.79 Å². The van der Waals surface area contributed by atoms with Crippen molar-refractivity contribution in [1.29, 1.82) is 0 Å². The summed E-state index contributed by atoms with van der Waals surface area (Å²) in [6.45, 7) is 5.01. The van der Waals surface area contributed by atoms with Crippen molar-refractivity contribution in [3.8, 4) is 0 Å². The van der Waals surface area contributed by atoms with E-state index >= 15 is 0 Å². The SMILES string of the molecule is O=C(N1CCN(CC2CCC2)CC1)C1(CO)CC1. The normalized spacial score (nSPS) is 27.9. The Bertz CT molecular complexity index is 316. The van der Waals surface area contributed by atoms with E-state index in [-0.39, 0.29) is 17.9 Å². The number of amides is 1. The van der Waals surface area contributed by atoms with E-state index in [1.165, 1.54) is 25.8 Å². The summed E-state index contributed by atoms with van der Waals surface area (Å²) in [6.07, 6.45) is 5.96. The van der Waals surface area contributed by atoms with E-state index in [1.807, 2.05) is 4.90 Å². The minimum absolute atomic E-state index is 0.0358. The second kappa shape index (κ2) is 4.82. The monoisotopic (exact) mass is 252 g/mol. The average molecular weight is 252 g/mol. The van der Waals surface area contributed by atoms with Crippen molar-refractivity contribution in [1.82, 2.24) is 9.80 Å². The Labute approximate surface area is 109 Å². The number of hydrogen-bond donors (Lipinski definition) is 1. The Kier molecular flexibility index (Phi) is 3.32. The molecule has 0 unspecified atom stereocenters. The molecule has 0 bridgehead atoms. The van der Waals surface area contributed by atoms with Gasteiger partial charge in [-0.15, -0.1) is 0 Å². The number of piperazine rings is 1. The lowest BCUT2D eigenvalue weighted by molar-refractivity contribution is -0.140. The van der Waals surface area contributed by atoms with Gasteiger partial charge in [-0.1, -0.05) is 6.42 Å². The van der Waals surface area contributed by atoms with E-state index in [0.717, 1.165) is 44.9 Å². The molecule has 0 aromatic heterocycles. The molecule has 1 aliphatic heterocycles. The lowest BCUT2D eigenvalue weighted by Gasteiger charge is -2.39. The lowest BCUT2D eigenvalue weighted by Crippen LogP contribution is -2.52. The van der Waals surface area contributed by atoms with E-state index in [1.54, 1.807) is 0 Å². The van der Waals surface area contributed by atoms with Crippen molar-refractivity contribution in [2.75, 3.05) is 39.3 Å². The van der Waals surface area contributed by atoms with Gasteiger partial charge in [-0.3, -0.25) is 9.69 Å². The number of nitrogens with zero attached hydrogens (tertiary/aromatic N) is 2. The summed E-state index contributed by atoms with van der Waals surface area (Å²) in [5.74, 6) is 1.12. The van der Waals surface area contributed by atoms with Gasteiger partial charge in [0, 0.05) is 32.7 Å². The first kappa shape index (κ1) is 12.4. The fraction of sp³-hybridized carbons (Fsp3) is 0.929. The minimum Gasteiger partial charge on any atom is -0.395 e. The molecule has 102 valence electrons. The Hall–Kier alpha value is -0.610. The zero-order valence-corrected chi connectivity index (χ0v) is 11.1. The van der Waals surface area contributed by atoms with Crippen molar-refractivity contribution < 1.29 is 9.90 Å². The molecular weight excluding hydrogens is 228 g/mol. The van der Waals surface area contributed by atoms with Crippen molar-refractivity contribution in [2.45, 2.75) is 32.1 Å². The van der Waals surface area contributed by atoms with Crippen LogP contribution in [0.4, 0.5) is 0 Å². The van der Waals surface area contributed by atoms with Gasteiger partial charge in [0.15, 0.2) is 0 Å². The van der Waals surface area contributed by atoms with E-state index in [9.17, 15) is 9.90 Å². The molecule has 2 aliphatic carbocycles. The maximum absolute atomic E-state index is 12.3. The average Bonchev–Trinajstić information content (AvgIpc) is 3.15. The van der Waals surface area contributed by atoms with E-state index in [0.29, 0.717) is 0 Å². The van der Waals surface area contributed by atoms with Crippen LogP contribution < -0.4 is 0 Å². The smallest absolute Gasteiger partial charge is 0.231 e. The molecule has 1 N–H and O–H groups in total. The predicted molar refractivity (Wildman–Crippen MR) is 69.1 cm³/mol. The summed E-state index contributed by atoms with van der Waals surface area (Å²) in [7, 11) is 0. The van der Waals surface area contributed by atoms with Gasteiger partial charge in [-0.2, -0.15) is 0 Å². The van der Waals surface area contributed by atoms with Gasteiger partial charge in [-0.25, -0.2) is 0 Å². The van der Waals surface area contributed by atoms with Crippen LogP contribution in [0.25, 0.3) is 0 Å². The van der Waals surface area contributed by atoms with Gasteiger partial charge in [-0.05, 0) is 31.6 Å². The van der Waals surface area contributed by atoms with Crippen LogP contribution >= 0.6 is 0 Å². The molecule has 3 rings (SSSR count). The van der Waals surface area contributed by atoms with Gasteiger partial charge >= 0.3 is 0 Å². The van der Waals surface area contributed by atoms with Gasteiger partial charge in [0.05, 0.1) is 12.0 Å². The van der Waals surface area contributed by atoms with Gasteiger partial charge < -0.3 is 10.0 Å². The summed E-state index contributed by atoms with van der Waals surface area (Å²) < 4.78 is 0. The van der Waals surface area contributed by atoms with E-state index in [2.05, 4.69) is 4.90 Å². The Morgan fingerprint density at radius 3 is 2.28 bits per heavy atom. The quantitative estimate of drug-likeness (QED) is 0.801. The van der Waals surface area contributed by atoms with Crippen LogP contribution in [0, 0.1) is 11.3 Å². The molecule has 1 amide bonds. The highest BCUT2D eigenvalue weighted by molar-refractivity contribution is 5.85.